The predicted molar refractivity (Wildman–Crippen MR) is 127 cm³/mol. The summed E-state index contributed by atoms with van der Waals surface area (Å²) in [6.45, 7) is 4.76. The second-order valence-corrected chi connectivity index (χ2v) is 7.80. The first-order valence-corrected chi connectivity index (χ1v) is 10.9. The van der Waals surface area contributed by atoms with E-state index in [4.69, 9.17) is 0 Å². The van der Waals surface area contributed by atoms with Gasteiger partial charge in [0.2, 0.25) is 5.91 Å². The van der Waals surface area contributed by atoms with Crippen LogP contribution in [0.3, 0.4) is 0 Å². The van der Waals surface area contributed by atoms with Gasteiger partial charge in [0.1, 0.15) is 5.82 Å². The summed E-state index contributed by atoms with van der Waals surface area (Å²) in [5.41, 5.74) is 3.47. The molecule has 32 heavy (non-hydrogen) atoms. The lowest BCUT2D eigenvalue weighted by Gasteiger charge is -2.37. The Bertz CT molecular complexity index is 1060. The maximum absolute atomic E-state index is 13.8. The van der Waals surface area contributed by atoms with Crippen LogP contribution in [0.1, 0.15) is 11.1 Å². The number of hydrogen-bond donors (Lipinski definition) is 1. The molecule has 1 saturated heterocycles. The molecule has 4 rings (SSSR count). The van der Waals surface area contributed by atoms with E-state index in [1.807, 2.05) is 36.7 Å². The van der Waals surface area contributed by atoms with Crippen LogP contribution in [0.15, 0.2) is 79.1 Å². The summed E-state index contributed by atoms with van der Waals surface area (Å²) in [7, 11) is 0. The molecule has 1 aliphatic heterocycles. The van der Waals surface area contributed by atoms with E-state index < -0.39 is 0 Å². The fraction of sp³-hybridized carbons (Fsp3) is 0.231. The summed E-state index contributed by atoms with van der Waals surface area (Å²) < 4.78 is 13.8. The van der Waals surface area contributed by atoms with Crippen molar-refractivity contribution in [2.24, 2.45) is 0 Å². The van der Waals surface area contributed by atoms with E-state index in [0.717, 1.165) is 50.5 Å². The topological polar surface area (TPSA) is 48.5 Å². The van der Waals surface area contributed by atoms with Gasteiger partial charge in [0.05, 0.1) is 11.4 Å². The molecule has 1 fully saturated rings. The molecule has 164 valence electrons. The number of carbonyl (C=O) groups is 1. The van der Waals surface area contributed by atoms with E-state index in [-0.39, 0.29) is 11.7 Å². The highest BCUT2D eigenvalue weighted by Crippen LogP contribution is 2.26. The third-order valence-corrected chi connectivity index (χ3v) is 5.66. The number of nitrogens with one attached hydrogen (secondary N) is 1. The van der Waals surface area contributed by atoms with E-state index >= 15 is 0 Å². The molecule has 0 aliphatic carbocycles. The first-order valence-electron chi connectivity index (χ1n) is 10.9. The van der Waals surface area contributed by atoms with Gasteiger partial charge in [-0.05, 0) is 48.4 Å². The van der Waals surface area contributed by atoms with Crippen LogP contribution < -0.4 is 10.2 Å². The Labute approximate surface area is 188 Å². The molecule has 0 atom stereocenters. The van der Waals surface area contributed by atoms with E-state index in [1.54, 1.807) is 18.2 Å². The number of pyridine rings is 1. The Morgan fingerprint density at radius 2 is 1.69 bits per heavy atom. The summed E-state index contributed by atoms with van der Waals surface area (Å²) in [5, 5.41) is 2.95. The molecule has 2 aromatic carbocycles. The highest BCUT2D eigenvalue weighted by molar-refractivity contribution is 6.03. The summed E-state index contributed by atoms with van der Waals surface area (Å²) >= 11 is 0. The highest BCUT2D eigenvalue weighted by Gasteiger charge is 2.19. The van der Waals surface area contributed by atoms with E-state index in [1.165, 1.54) is 23.8 Å². The molecule has 6 heteroatoms. The number of halogens is 1. The summed E-state index contributed by atoms with van der Waals surface area (Å²) in [4.78, 5) is 21.3. The molecule has 0 bridgehead atoms. The lowest BCUT2D eigenvalue weighted by atomic mass is 10.1. The van der Waals surface area contributed by atoms with Gasteiger partial charge in [0, 0.05) is 56.8 Å². The molecule has 0 radical (unpaired) electrons. The van der Waals surface area contributed by atoms with Crippen molar-refractivity contribution < 1.29 is 9.18 Å². The molecule has 1 aromatic heterocycles. The number of benzene rings is 2. The lowest BCUT2D eigenvalue weighted by Crippen LogP contribution is -2.47. The number of anilines is 2. The zero-order valence-electron chi connectivity index (χ0n) is 18.0. The zero-order chi connectivity index (χ0) is 22.2. The Morgan fingerprint density at radius 3 is 2.47 bits per heavy atom. The van der Waals surface area contributed by atoms with Crippen LogP contribution in [0.25, 0.3) is 6.08 Å². The lowest BCUT2D eigenvalue weighted by molar-refractivity contribution is -0.111. The molecule has 2 heterocycles. The van der Waals surface area contributed by atoms with Gasteiger partial charge in [-0.2, -0.15) is 0 Å². The summed E-state index contributed by atoms with van der Waals surface area (Å²) in [6.07, 6.45) is 7.55. The molecule has 1 N–H and O–H groups in total. The number of para-hydroxylation sites is 2. The Morgan fingerprint density at radius 1 is 0.969 bits per heavy atom. The largest absolute Gasteiger partial charge is 0.367 e. The minimum Gasteiger partial charge on any atom is -0.367 e. The normalized spacial score (nSPS) is 14.6. The molecule has 5 nitrogen and oxygen atoms in total. The highest BCUT2D eigenvalue weighted by atomic mass is 19.1. The van der Waals surface area contributed by atoms with Gasteiger partial charge in [0.15, 0.2) is 0 Å². The van der Waals surface area contributed by atoms with Crippen LogP contribution in [0.5, 0.6) is 0 Å². The van der Waals surface area contributed by atoms with Crippen LogP contribution in [0.4, 0.5) is 15.8 Å². The molecule has 1 amide bonds. The van der Waals surface area contributed by atoms with Crippen LogP contribution in [0, 0.1) is 5.82 Å². The summed E-state index contributed by atoms with van der Waals surface area (Å²) in [6, 6.07) is 18.3. The Balaban J connectivity index is 1.33. The van der Waals surface area contributed by atoms with Crippen LogP contribution in [-0.2, 0) is 11.2 Å². The van der Waals surface area contributed by atoms with Crippen molar-refractivity contribution in [3.8, 4) is 0 Å². The minimum absolute atomic E-state index is 0.281. The van der Waals surface area contributed by atoms with Crippen molar-refractivity contribution in [1.29, 1.82) is 0 Å². The second kappa shape index (κ2) is 10.7. The van der Waals surface area contributed by atoms with Crippen molar-refractivity contribution in [3.63, 3.8) is 0 Å². The number of hydrogen-bond acceptors (Lipinski definition) is 4. The maximum Gasteiger partial charge on any atom is 0.248 e. The number of carbonyl (C=O) groups excluding carboxylic acids is 1. The van der Waals surface area contributed by atoms with E-state index in [2.05, 4.69) is 32.2 Å². The first kappa shape index (κ1) is 21.7. The summed E-state index contributed by atoms with van der Waals surface area (Å²) in [5.74, 6) is -0.629. The van der Waals surface area contributed by atoms with Gasteiger partial charge in [-0.3, -0.25) is 14.7 Å². The van der Waals surface area contributed by atoms with Crippen LogP contribution in [0.2, 0.25) is 0 Å². The van der Waals surface area contributed by atoms with Crippen molar-refractivity contribution in [2.75, 3.05) is 42.9 Å². The number of amides is 1. The van der Waals surface area contributed by atoms with Crippen molar-refractivity contribution >= 4 is 23.4 Å². The van der Waals surface area contributed by atoms with Gasteiger partial charge in [-0.25, -0.2) is 4.39 Å². The average molecular weight is 431 g/mol. The molecule has 0 spiro atoms. The smallest absolute Gasteiger partial charge is 0.248 e. The fourth-order valence-electron chi connectivity index (χ4n) is 3.85. The van der Waals surface area contributed by atoms with E-state index in [9.17, 15) is 9.18 Å². The zero-order valence-corrected chi connectivity index (χ0v) is 18.0. The molecule has 1 aliphatic rings. The Hall–Kier alpha value is -3.51. The van der Waals surface area contributed by atoms with Crippen LogP contribution >= 0.6 is 0 Å². The van der Waals surface area contributed by atoms with Gasteiger partial charge in [-0.1, -0.05) is 30.3 Å². The van der Waals surface area contributed by atoms with Gasteiger partial charge in [-0.15, -0.1) is 0 Å². The monoisotopic (exact) mass is 430 g/mol. The third kappa shape index (κ3) is 5.80. The maximum atomic E-state index is 13.8. The number of piperazine rings is 1. The van der Waals surface area contributed by atoms with Gasteiger partial charge >= 0.3 is 0 Å². The second-order valence-electron chi connectivity index (χ2n) is 7.80. The van der Waals surface area contributed by atoms with Gasteiger partial charge < -0.3 is 10.2 Å². The SMILES string of the molecule is O=C(/C=C/c1ccccc1F)Nc1ccccc1N1CCN(CCc2ccncc2)CC1. The Kier molecular flexibility index (Phi) is 7.25. The first-order chi connectivity index (χ1) is 15.7. The van der Waals surface area contributed by atoms with Crippen LogP contribution in [-0.4, -0.2) is 48.5 Å². The number of rotatable bonds is 7. The quantitative estimate of drug-likeness (QED) is 0.570. The predicted octanol–water partition coefficient (Wildman–Crippen LogP) is 4.24. The van der Waals surface area contributed by atoms with E-state index in [0.29, 0.717) is 5.56 Å². The molecule has 3 aromatic rings. The standard InChI is InChI=1S/C26H27FN4O/c27-23-6-2-1-5-22(23)9-10-26(32)29-24-7-3-4-8-25(24)31-19-17-30(18-20-31)16-13-21-11-14-28-15-12-21/h1-12,14-15H,13,16-20H2,(H,29,32)/b10-9+. The van der Waals surface area contributed by atoms with Crippen molar-refractivity contribution in [1.82, 2.24) is 9.88 Å². The number of nitrogens with zero attached hydrogens (tertiary/aromatic N) is 3. The molecular weight excluding hydrogens is 403 g/mol. The fourth-order valence-corrected chi connectivity index (χ4v) is 3.85. The minimum atomic E-state index is -0.348. The van der Waals surface area contributed by atoms with Crippen molar-refractivity contribution in [2.45, 2.75) is 6.42 Å². The molecule has 0 saturated carbocycles. The van der Waals surface area contributed by atoms with Gasteiger partial charge in [0.25, 0.3) is 0 Å². The molecular formula is C26H27FN4O. The van der Waals surface area contributed by atoms with Crippen molar-refractivity contribution in [3.05, 3.63) is 96.1 Å². The third-order valence-electron chi connectivity index (χ3n) is 5.66. The average Bonchev–Trinajstić information content (AvgIpc) is 2.84. The molecule has 0 unspecified atom stereocenters. The number of aromatic nitrogens is 1.